The maximum absolute atomic E-state index is 12.3. The molecule has 4 nitrogen and oxygen atoms in total. The number of carbonyl (C=O) groups excluding carboxylic acids is 1. The van der Waals surface area contributed by atoms with Crippen LogP contribution in [0.25, 0.3) is 0 Å². The summed E-state index contributed by atoms with van der Waals surface area (Å²) < 4.78 is 26.1. The van der Waals surface area contributed by atoms with Crippen molar-refractivity contribution >= 4 is 12.5 Å². The molecule has 0 N–H and O–H groups in total. The SMILES string of the molecule is O=Cc1cn2c(n1)C=NC(C(F)F)C2. The molecule has 0 bridgehead atoms. The first-order chi connectivity index (χ1) is 6.70. The molecule has 74 valence electrons. The number of rotatable bonds is 2. The normalized spacial score (nSPS) is 19.8. The number of imidazole rings is 1. The molecule has 1 unspecified atom stereocenters. The van der Waals surface area contributed by atoms with Crippen molar-refractivity contribution < 1.29 is 13.6 Å². The van der Waals surface area contributed by atoms with Crippen LogP contribution in [0.3, 0.4) is 0 Å². The summed E-state index contributed by atoms with van der Waals surface area (Å²) in [6, 6.07) is -1.03. The van der Waals surface area contributed by atoms with E-state index in [2.05, 4.69) is 9.98 Å². The third kappa shape index (κ3) is 1.43. The number of fused-ring (bicyclic) bond motifs is 1. The molecular weight excluding hydrogens is 192 g/mol. The van der Waals surface area contributed by atoms with Gasteiger partial charge in [0.15, 0.2) is 12.1 Å². The fourth-order valence-corrected chi connectivity index (χ4v) is 1.31. The zero-order valence-corrected chi connectivity index (χ0v) is 7.10. The number of hydrogen-bond acceptors (Lipinski definition) is 3. The summed E-state index contributed by atoms with van der Waals surface area (Å²) in [7, 11) is 0. The Morgan fingerprint density at radius 2 is 2.43 bits per heavy atom. The fourth-order valence-electron chi connectivity index (χ4n) is 1.31. The summed E-state index contributed by atoms with van der Waals surface area (Å²) in [5.41, 5.74) is 0.237. The molecule has 0 radical (unpaired) electrons. The van der Waals surface area contributed by atoms with E-state index in [1.165, 1.54) is 17.0 Å². The highest BCUT2D eigenvalue weighted by molar-refractivity contribution is 5.79. The van der Waals surface area contributed by atoms with Gasteiger partial charge < -0.3 is 4.57 Å². The van der Waals surface area contributed by atoms with Gasteiger partial charge in [0.05, 0.1) is 12.8 Å². The number of hydrogen-bond donors (Lipinski definition) is 0. The lowest BCUT2D eigenvalue weighted by Gasteiger charge is -2.16. The van der Waals surface area contributed by atoms with Gasteiger partial charge in [0.25, 0.3) is 6.43 Å². The monoisotopic (exact) mass is 199 g/mol. The molecular formula is C8H7F2N3O. The standard InChI is InChI=1S/C8H7F2N3O/c9-8(10)6-3-13-2-5(4-14)12-7(13)1-11-6/h1-2,4,6,8H,3H2. The lowest BCUT2D eigenvalue weighted by atomic mass is 10.3. The van der Waals surface area contributed by atoms with E-state index in [1.54, 1.807) is 0 Å². The van der Waals surface area contributed by atoms with E-state index in [0.29, 0.717) is 12.1 Å². The zero-order chi connectivity index (χ0) is 10.1. The highest BCUT2D eigenvalue weighted by atomic mass is 19.3. The first-order valence-corrected chi connectivity index (χ1v) is 4.04. The molecule has 0 fully saturated rings. The van der Waals surface area contributed by atoms with Crippen LogP contribution in [-0.2, 0) is 6.54 Å². The Bertz CT molecular complexity index is 386. The van der Waals surface area contributed by atoms with Gasteiger partial charge in [-0.1, -0.05) is 0 Å². The van der Waals surface area contributed by atoms with Crippen LogP contribution in [0.1, 0.15) is 16.3 Å². The Labute approximate surface area is 78.3 Å². The van der Waals surface area contributed by atoms with Crippen LogP contribution >= 0.6 is 0 Å². The molecule has 1 atom stereocenters. The van der Waals surface area contributed by atoms with E-state index in [0.717, 1.165) is 0 Å². The van der Waals surface area contributed by atoms with Crippen LogP contribution in [0.15, 0.2) is 11.2 Å². The van der Waals surface area contributed by atoms with Gasteiger partial charge in [0.2, 0.25) is 0 Å². The minimum Gasteiger partial charge on any atom is -0.327 e. The minimum absolute atomic E-state index is 0.0737. The van der Waals surface area contributed by atoms with Gasteiger partial charge in [-0.3, -0.25) is 9.79 Å². The molecule has 1 aromatic heterocycles. The molecule has 0 amide bonds. The first kappa shape index (κ1) is 8.98. The second-order valence-corrected chi connectivity index (χ2v) is 2.97. The molecule has 0 aliphatic carbocycles. The van der Waals surface area contributed by atoms with E-state index in [-0.39, 0.29) is 12.2 Å². The smallest absolute Gasteiger partial charge is 0.262 e. The molecule has 1 aliphatic rings. The topological polar surface area (TPSA) is 47.2 Å². The van der Waals surface area contributed by atoms with Gasteiger partial charge in [0, 0.05) is 6.20 Å². The zero-order valence-electron chi connectivity index (χ0n) is 7.10. The van der Waals surface area contributed by atoms with Gasteiger partial charge in [-0.15, -0.1) is 0 Å². The Morgan fingerprint density at radius 1 is 1.64 bits per heavy atom. The Kier molecular flexibility index (Phi) is 2.11. The maximum Gasteiger partial charge on any atom is 0.262 e. The van der Waals surface area contributed by atoms with Crippen molar-refractivity contribution in [2.24, 2.45) is 4.99 Å². The molecule has 0 saturated heterocycles. The third-order valence-corrected chi connectivity index (χ3v) is 2.00. The molecule has 14 heavy (non-hydrogen) atoms. The summed E-state index contributed by atoms with van der Waals surface area (Å²) >= 11 is 0. The van der Waals surface area contributed by atoms with Crippen LogP contribution in [-0.4, -0.2) is 34.5 Å². The maximum atomic E-state index is 12.3. The van der Waals surface area contributed by atoms with Gasteiger partial charge in [-0.25, -0.2) is 13.8 Å². The lowest BCUT2D eigenvalue weighted by molar-refractivity contribution is 0.108. The van der Waals surface area contributed by atoms with Crippen molar-refractivity contribution in [1.82, 2.24) is 9.55 Å². The van der Waals surface area contributed by atoms with E-state index < -0.39 is 12.5 Å². The van der Waals surface area contributed by atoms with Crippen LogP contribution < -0.4 is 0 Å². The van der Waals surface area contributed by atoms with Crippen LogP contribution in [0.2, 0.25) is 0 Å². The van der Waals surface area contributed by atoms with E-state index in [9.17, 15) is 13.6 Å². The molecule has 2 heterocycles. The summed E-state index contributed by atoms with van der Waals surface area (Å²) in [6.07, 6.45) is 0.814. The van der Waals surface area contributed by atoms with Crippen molar-refractivity contribution in [3.63, 3.8) is 0 Å². The van der Waals surface area contributed by atoms with Crippen molar-refractivity contribution in [2.45, 2.75) is 19.0 Å². The number of aromatic nitrogens is 2. The summed E-state index contributed by atoms with van der Waals surface area (Å²) in [6.45, 7) is 0.0737. The second-order valence-electron chi connectivity index (χ2n) is 2.97. The molecule has 0 spiro atoms. The van der Waals surface area contributed by atoms with Crippen LogP contribution in [0, 0.1) is 0 Å². The van der Waals surface area contributed by atoms with Crippen molar-refractivity contribution in [1.29, 1.82) is 0 Å². The van der Waals surface area contributed by atoms with Crippen LogP contribution in [0.4, 0.5) is 8.78 Å². The highest BCUT2D eigenvalue weighted by Crippen LogP contribution is 2.14. The van der Waals surface area contributed by atoms with Crippen molar-refractivity contribution in [3.8, 4) is 0 Å². The Balaban J connectivity index is 2.28. The van der Waals surface area contributed by atoms with Gasteiger partial charge in [-0.05, 0) is 0 Å². The largest absolute Gasteiger partial charge is 0.327 e. The van der Waals surface area contributed by atoms with Gasteiger partial charge in [0.1, 0.15) is 11.7 Å². The highest BCUT2D eigenvalue weighted by Gasteiger charge is 2.24. The number of aldehydes is 1. The quantitative estimate of drug-likeness (QED) is 0.660. The first-order valence-electron chi connectivity index (χ1n) is 4.04. The van der Waals surface area contributed by atoms with Gasteiger partial charge >= 0.3 is 0 Å². The summed E-state index contributed by atoms with van der Waals surface area (Å²) in [5.74, 6) is 0.448. The predicted molar refractivity (Wildman–Crippen MR) is 45.0 cm³/mol. The number of halogens is 2. The van der Waals surface area contributed by atoms with E-state index in [1.807, 2.05) is 0 Å². The Hall–Kier alpha value is -1.59. The second kappa shape index (κ2) is 3.28. The average molecular weight is 199 g/mol. The van der Waals surface area contributed by atoms with E-state index >= 15 is 0 Å². The molecule has 2 rings (SSSR count). The molecule has 0 aromatic carbocycles. The van der Waals surface area contributed by atoms with Gasteiger partial charge in [-0.2, -0.15) is 0 Å². The number of carbonyl (C=O) groups is 1. The van der Waals surface area contributed by atoms with E-state index in [4.69, 9.17) is 0 Å². The van der Waals surface area contributed by atoms with Crippen molar-refractivity contribution in [3.05, 3.63) is 17.7 Å². The molecule has 1 aromatic rings. The number of nitrogens with zero attached hydrogens (tertiary/aromatic N) is 3. The minimum atomic E-state index is -2.48. The summed E-state index contributed by atoms with van der Waals surface area (Å²) in [5, 5.41) is 0. The van der Waals surface area contributed by atoms with Crippen LogP contribution in [0.5, 0.6) is 0 Å². The fraction of sp³-hybridized carbons (Fsp3) is 0.375. The molecule has 0 saturated carbocycles. The number of alkyl halides is 2. The van der Waals surface area contributed by atoms with Crippen molar-refractivity contribution in [2.75, 3.05) is 0 Å². The number of aliphatic imine (C=N–C) groups is 1. The molecule has 6 heteroatoms. The average Bonchev–Trinajstić information content (AvgIpc) is 2.58. The summed E-state index contributed by atoms with van der Waals surface area (Å²) in [4.78, 5) is 17.9. The Morgan fingerprint density at radius 3 is 3.07 bits per heavy atom. The molecule has 1 aliphatic heterocycles. The lowest BCUT2D eigenvalue weighted by Crippen LogP contribution is -2.27. The third-order valence-electron chi connectivity index (χ3n) is 2.00. The predicted octanol–water partition coefficient (Wildman–Crippen LogP) is 0.762.